The number of ether oxygens (including phenoxy) is 1. The highest BCUT2D eigenvalue weighted by molar-refractivity contribution is 6.06. The fourth-order valence-electron chi connectivity index (χ4n) is 4.08. The lowest BCUT2D eigenvalue weighted by Crippen LogP contribution is -2.29. The minimum absolute atomic E-state index is 0.0165. The lowest BCUT2D eigenvalue weighted by Gasteiger charge is -2.27. The topological polar surface area (TPSA) is 60.3 Å². The lowest BCUT2D eigenvalue weighted by atomic mass is 10.0. The molecule has 1 amide bonds. The Bertz CT molecular complexity index is 1530. The third kappa shape index (κ3) is 3.40. The number of rotatable bonds is 3. The molecule has 5 rings (SSSR count). The number of hydrogen-bond acceptors (Lipinski definition) is 3. The van der Waals surface area contributed by atoms with E-state index in [9.17, 15) is 27.2 Å². The Kier molecular flexibility index (Phi) is 5.11. The van der Waals surface area contributed by atoms with Crippen LogP contribution in [-0.2, 0) is 0 Å². The molecule has 1 aromatic heterocycles. The van der Waals surface area contributed by atoms with Crippen LogP contribution in [0.2, 0.25) is 0 Å². The first kappa shape index (κ1) is 21.7. The fraction of sp³-hybridized carbons (Fsp3) is 0.120. The molecule has 4 aromatic rings. The number of carbonyl (C=O) groups is 1. The molecule has 0 saturated heterocycles. The van der Waals surface area contributed by atoms with Crippen LogP contribution in [0.4, 0.5) is 23.2 Å². The van der Waals surface area contributed by atoms with Crippen molar-refractivity contribution in [3.8, 4) is 16.9 Å². The van der Waals surface area contributed by atoms with Crippen molar-refractivity contribution in [1.82, 2.24) is 4.57 Å². The quantitative estimate of drug-likeness (QED) is 0.408. The van der Waals surface area contributed by atoms with E-state index in [1.165, 1.54) is 41.1 Å². The molecule has 0 unspecified atom stereocenters. The molecule has 0 bridgehead atoms. The SMILES string of the molecule is C[C@H]1COc2c(F)c(F)cc3c(=O)c(C(=O)Nc4cccc(-c5c(F)cccc5F)c4)cn1c23. The number of hydrogen-bond donors (Lipinski definition) is 1. The largest absolute Gasteiger partial charge is 0.486 e. The second kappa shape index (κ2) is 8.02. The number of nitrogens with one attached hydrogen (secondary N) is 1. The third-order valence-corrected chi connectivity index (χ3v) is 5.73. The van der Waals surface area contributed by atoms with Gasteiger partial charge in [0.15, 0.2) is 11.6 Å². The Labute approximate surface area is 190 Å². The van der Waals surface area contributed by atoms with Gasteiger partial charge in [0.1, 0.15) is 23.8 Å². The molecule has 1 aliphatic heterocycles. The van der Waals surface area contributed by atoms with Gasteiger partial charge in [0.25, 0.3) is 5.91 Å². The number of benzene rings is 3. The summed E-state index contributed by atoms with van der Waals surface area (Å²) < 4.78 is 63.5. The third-order valence-electron chi connectivity index (χ3n) is 5.73. The second-order valence-corrected chi connectivity index (χ2v) is 7.97. The van der Waals surface area contributed by atoms with E-state index in [2.05, 4.69) is 5.32 Å². The van der Waals surface area contributed by atoms with Gasteiger partial charge in [-0.15, -0.1) is 0 Å². The van der Waals surface area contributed by atoms with Gasteiger partial charge in [-0.2, -0.15) is 4.39 Å². The molecule has 9 heteroatoms. The molecular weight excluding hydrogens is 452 g/mol. The fourth-order valence-corrected chi connectivity index (χ4v) is 4.08. The summed E-state index contributed by atoms with van der Waals surface area (Å²) in [4.78, 5) is 26.1. The highest BCUT2D eigenvalue weighted by atomic mass is 19.2. The molecule has 1 aliphatic rings. The smallest absolute Gasteiger partial charge is 0.261 e. The molecule has 5 nitrogen and oxygen atoms in total. The molecule has 1 N–H and O–H groups in total. The Morgan fingerprint density at radius 1 is 1.03 bits per heavy atom. The minimum atomic E-state index is -1.27. The molecule has 1 atom stereocenters. The molecule has 172 valence electrons. The Morgan fingerprint density at radius 3 is 2.47 bits per heavy atom. The number of aromatic nitrogens is 1. The van der Waals surface area contributed by atoms with Gasteiger partial charge >= 0.3 is 0 Å². The van der Waals surface area contributed by atoms with Crippen molar-refractivity contribution in [3.63, 3.8) is 0 Å². The van der Waals surface area contributed by atoms with Crippen molar-refractivity contribution in [1.29, 1.82) is 0 Å². The number of carbonyl (C=O) groups excluding carboxylic acids is 1. The van der Waals surface area contributed by atoms with Crippen LogP contribution in [0.1, 0.15) is 23.3 Å². The zero-order chi connectivity index (χ0) is 24.1. The summed E-state index contributed by atoms with van der Waals surface area (Å²) in [7, 11) is 0. The number of pyridine rings is 1. The predicted molar refractivity (Wildman–Crippen MR) is 118 cm³/mol. The molecule has 0 fully saturated rings. The molecule has 0 spiro atoms. The van der Waals surface area contributed by atoms with Gasteiger partial charge < -0.3 is 14.6 Å². The van der Waals surface area contributed by atoms with Crippen molar-refractivity contribution < 1.29 is 27.1 Å². The molecular formula is C25H16F4N2O3. The summed E-state index contributed by atoms with van der Waals surface area (Å²) >= 11 is 0. The van der Waals surface area contributed by atoms with Crippen molar-refractivity contribution in [2.45, 2.75) is 13.0 Å². The molecule has 3 aromatic carbocycles. The van der Waals surface area contributed by atoms with Crippen molar-refractivity contribution in [2.75, 3.05) is 11.9 Å². The number of halogens is 4. The molecule has 34 heavy (non-hydrogen) atoms. The Morgan fingerprint density at radius 2 is 1.74 bits per heavy atom. The number of amides is 1. The van der Waals surface area contributed by atoms with E-state index < -0.39 is 34.6 Å². The van der Waals surface area contributed by atoms with Crippen LogP contribution < -0.4 is 15.5 Å². The summed E-state index contributed by atoms with van der Waals surface area (Å²) in [6.45, 7) is 1.75. The normalized spacial score (nSPS) is 14.7. The van der Waals surface area contributed by atoms with Gasteiger partial charge in [-0.05, 0) is 42.8 Å². The second-order valence-electron chi connectivity index (χ2n) is 7.97. The predicted octanol–water partition coefficient (Wildman–Crippen LogP) is 5.43. The van der Waals surface area contributed by atoms with E-state index in [-0.39, 0.29) is 51.7 Å². The zero-order valence-corrected chi connectivity index (χ0v) is 17.7. The van der Waals surface area contributed by atoms with E-state index in [0.29, 0.717) is 0 Å². The number of nitrogens with zero attached hydrogens (tertiary/aromatic N) is 1. The number of anilines is 1. The minimum Gasteiger partial charge on any atom is -0.486 e. The van der Waals surface area contributed by atoms with Crippen LogP contribution in [0.25, 0.3) is 22.0 Å². The standard InChI is InChI=1S/C25H16F4N2O3/c1-12-11-34-24-21(29)19(28)9-15-22(24)31(12)10-16(23(15)32)25(33)30-14-5-2-4-13(8-14)20-17(26)6-3-7-18(20)27/h2-10,12H,11H2,1H3,(H,30,33)/t12-/m0/s1. The summed E-state index contributed by atoms with van der Waals surface area (Å²) in [5, 5.41) is 2.34. The van der Waals surface area contributed by atoms with Crippen LogP contribution in [-0.4, -0.2) is 17.1 Å². The first-order chi connectivity index (χ1) is 16.3. The lowest BCUT2D eigenvalue weighted by molar-refractivity contribution is 0.102. The van der Waals surface area contributed by atoms with Gasteiger partial charge in [0.05, 0.1) is 22.5 Å². The van der Waals surface area contributed by atoms with Gasteiger partial charge in [0.2, 0.25) is 11.2 Å². The van der Waals surface area contributed by atoms with Crippen molar-refractivity contribution in [3.05, 3.63) is 93.8 Å². The summed E-state index contributed by atoms with van der Waals surface area (Å²) in [6, 6.07) is 9.69. The molecule has 0 aliphatic carbocycles. The van der Waals surface area contributed by atoms with Crippen LogP contribution in [0.15, 0.2) is 59.5 Å². The summed E-state index contributed by atoms with van der Waals surface area (Å²) in [5.74, 6) is -5.20. The van der Waals surface area contributed by atoms with Crippen LogP contribution in [0, 0.1) is 23.3 Å². The highest BCUT2D eigenvalue weighted by Crippen LogP contribution is 2.35. The van der Waals surface area contributed by atoms with Crippen LogP contribution in [0.5, 0.6) is 5.75 Å². The Hall–Kier alpha value is -4.14. The van der Waals surface area contributed by atoms with Crippen molar-refractivity contribution in [2.24, 2.45) is 0 Å². The molecule has 0 radical (unpaired) electrons. The first-order valence-corrected chi connectivity index (χ1v) is 10.3. The van der Waals surface area contributed by atoms with E-state index in [4.69, 9.17) is 4.74 Å². The average molecular weight is 468 g/mol. The van der Waals surface area contributed by atoms with Crippen LogP contribution in [0.3, 0.4) is 0 Å². The van der Waals surface area contributed by atoms with E-state index in [0.717, 1.165) is 18.2 Å². The van der Waals surface area contributed by atoms with E-state index in [1.807, 2.05) is 0 Å². The molecule has 0 saturated carbocycles. The maximum Gasteiger partial charge on any atom is 0.261 e. The zero-order valence-electron chi connectivity index (χ0n) is 17.7. The maximum absolute atomic E-state index is 14.2. The summed E-state index contributed by atoms with van der Waals surface area (Å²) in [6.07, 6.45) is 1.27. The first-order valence-electron chi connectivity index (χ1n) is 10.3. The van der Waals surface area contributed by atoms with E-state index >= 15 is 0 Å². The monoisotopic (exact) mass is 468 g/mol. The maximum atomic E-state index is 14.2. The Balaban J connectivity index is 1.58. The van der Waals surface area contributed by atoms with E-state index in [1.54, 1.807) is 6.92 Å². The molecule has 2 heterocycles. The van der Waals surface area contributed by atoms with Crippen molar-refractivity contribution >= 4 is 22.5 Å². The van der Waals surface area contributed by atoms with Gasteiger partial charge in [0, 0.05) is 11.9 Å². The van der Waals surface area contributed by atoms with Gasteiger partial charge in [-0.1, -0.05) is 18.2 Å². The van der Waals surface area contributed by atoms with Gasteiger partial charge in [-0.25, -0.2) is 13.2 Å². The highest BCUT2D eigenvalue weighted by Gasteiger charge is 2.28. The summed E-state index contributed by atoms with van der Waals surface area (Å²) in [5.41, 5.74) is -0.931. The average Bonchev–Trinajstić information content (AvgIpc) is 2.80. The van der Waals surface area contributed by atoms with Crippen LogP contribution >= 0.6 is 0 Å². The van der Waals surface area contributed by atoms with Gasteiger partial charge in [-0.3, -0.25) is 9.59 Å².